The highest BCUT2D eigenvalue weighted by Crippen LogP contribution is 2.15. The predicted octanol–water partition coefficient (Wildman–Crippen LogP) is 2.32. The number of nitrogens with zero attached hydrogens (tertiary/aromatic N) is 1. The Morgan fingerprint density at radius 3 is 2.64 bits per heavy atom. The quantitative estimate of drug-likeness (QED) is 0.602. The minimum atomic E-state index is -0.288. The molecule has 0 atom stereocenters. The summed E-state index contributed by atoms with van der Waals surface area (Å²) in [5.41, 5.74) is 0.698. The highest BCUT2D eigenvalue weighted by Gasteiger charge is 2.14. The van der Waals surface area contributed by atoms with Crippen LogP contribution >= 0.6 is 31.9 Å². The molecule has 0 amide bonds. The van der Waals surface area contributed by atoms with Crippen LogP contribution < -0.4 is 0 Å². The van der Waals surface area contributed by atoms with Gasteiger partial charge in [-0.1, -0.05) is 31.9 Å². The number of hydrogen-bond acceptors (Lipinski definition) is 1. The predicted molar refractivity (Wildman–Crippen MR) is 51.4 cm³/mol. The smallest absolute Gasteiger partial charge is 0.203 e. The van der Waals surface area contributed by atoms with Crippen molar-refractivity contribution in [2.45, 2.75) is 3.74 Å². The fourth-order valence-electron chi connectivity index (χ4n) is 0.829. The lowest BCUT2D eigenvalue weighted by Gasteiger charge is -2.01. The van der Waals surface area contributed by atoms with Gasteiger partial charge in [0.15, 0.2) is 0 Å². The van der Waals surface area contributed by atoms with Gasteiger partial charge >= 0.3 is 0 Å². The van der Waals surface area contributed by atoms with Crippen LogP contribution in [0, 0.1) is 0 Å². The van der Waals surface area contributed by atoms with Crippen LogP contribution in [-0.4, -0.2) is 14.1 Å². The molecule has 0 fully saturated rings. The molecule has 0 spiro atoms. The van der Waals surface area contributed by atoms with E-state index in [-0.39, 0.29) is 9.52 Å². The van der Waals surface area contributed by atoms with E-state index in [4.69, 9.17) is 0 Å². The normalized spacial score (nSPS) is 10.5. The average Bonchev–Trinajstić information content (AvgIpc) is 2.33. The van der Waals surface area contributed by atoms with Crippen molar-refractivity contribution in [2.24, 2.45) is 7.05 Å². The van der Waals surface area contributed by atoms with Crippen molar-refractivity contribution in [1.82, 2.24) is 4.57 Å². The van der Waals surface area contributed by atoms with E-state index in [9.17, 15) is 4.79 Å². The van der Waals surface area contributed by atoms with Crippen LogP contribution in [0.1, 0.15) is 10.5 Å². The lowest BCUT2D eigenvalue weighted by Crippen LogP contribution is -2.11. The van der Waals surface area contributed by atoms with Gasteiger partial charge in [0.1, 0.15) is 3.74 Å². The molecule has 1 heterocycles. The summed E-state index contributed by atoms with van der Waals surface area (Å²) < 4.78 is 1.50. The first-order valence-electron chi connectivity index (χ1n) is 3.06. The molecule has 0 unspecified atom stereocenters. The number of ketones is 1. The first-order valence-corrected chi connectivity index (χ1v) is 4.89. The van der Waals surface area contributed by atoms with Gasteiger partial charge in [-0.3, -0.25) is 4.79 Å². The zero-order valence-corrected chi connectivity index (χ0v) is 9.09. The van der Waals surface area contributed by atoms with Gasteiger partial charge in [0.2, 0.25) is 5.78 Å². The van der Waals surface area contributed by atoms with Crippen molar-refractivity contribution >= 4 is 37.6 Å². The topological polar surface area (TPSA) is 22.0 Å². The Kier molecular flexibility index (Phi) is 2.90. The summed E-state index contributed by atoms with van der Waals surface area (Å²) in [7, 11) is 1.84. The number of carbonyl (C=O) groups is 1. The third kappa shape index (κ3) is 1.93. The minimum Gasteiger partial charge on any atom is -0.348 e. The van der Waals surface area contributed by atoms with Crippen molar-refractivity contribution in [3.05, 3.63) is 24.0 Å². The maximum atomic E-state index is 11.3. The van der Waals surface area contributed by atoms with E-state index < -0.39 is 0 Å². The van der Waals surface area contributed by atoms with Crippen molar-refractivity contribution in [3.8, 4) is 0 Å². The number of rotatable bonds is 2. The molecular formula is C7H7Br2NO. The van der Waals surface area contributed by atoms with Gasteiger partial charge < -0.3 is 4.57 Å². The van der Waals surface area contributed by atoms with Crippen LogP contribution in [0.25, 0.3) is 0 Å². The number of carbonyl (C=O) groups excluding carboxylic acids is 1. The molecule has 0 saturated heterocycles. The molecule has 1 rings (SSSR count). The monoisotopic (exact) mass is 279 g/mol. The van der Waals surface area contributed by atoms with Gasteiger partial charge in [-0.2, -0.15) is 0 Å². The van der Waals surface area contributed by atoms with E-state index in [0.29, 0.717) is 5.69 Å². The van der Waals surface area contributed by atoms with Gasteiger partial charge in [0, 0.05) is 13.2 Å². The first kappa shape index (κ1) is 9.00. The van der Waals surface area contributed by atoms with Gasteiger partial charge in [-0.05, 0) is 12.1 Å². The molecular weight excluding hydrogens is 274 g/mol. The molecule has 2 nitrogen and oxygen atoms in total. The Balaban J connectivity index is 2.93. The van der Waals surface area contributed by atoms with E-state index >= 15 is 0 Å². The molecule has 11 heavy (non-hydrogen) atoms. The van der Waals surface area contributed by atoms with Crippen LogP contribution in [0.3, 0.4) is 0 Å². The second-order valence-electron chi connectivity index (χ2n) is 2.17. The molecule has 0 aromatic carbocycles. The Bertz CT molecular complexity index is 267. The molecule has 60 valence electrons. The van der Waals surface area contributed by atoms with Crippen molar-refractivity contribution in [3.63, 3.8) is 0 Å². The fraction of sp³-hybridized carbons (Fsp3) is 0.286. The highest BCUT2D eigenvalue weighted by atomic mass is 79.9. The zero-order valence-electron chi connectivity index (χ0n) is 5.92. The molecule has 1 aromatic rings. The summed E-state index contributed by atoms with van der Waals surface area (Å²) >= 11 is 6.30. The molecule has 0 saturated carbocycles. The van der Waals surface area contributed by atoms with E-state index in [1.54, 1.807) is 10.6 Å². The van der Waals surface area contributed by atoms with Crippen molar-refractivity contribution in [2.75, 3.05) is 0 Å². The van der Waals surface area contributed by atoms with Crippen LogP contribution in [-0.2, 0) is 7.05 Å². The zero-order chi connectivity index (χ0) is 8.43. The van der Waals surface area contributed by atoms with Gasteiger partial charge in [0.25, 0.3) is 0 Å². The molecule has 4 heteroatoms. The third-order valence-electron chi connectivity index (χ3n) is 1.39. The summed E-state index contributed by atoms with van der Waals surface area (Å²) in [4.78, 5) is 11.3. The fourth-order valence-corrected chi connectivity index (χ4v) is 1.30. The minimum absolute atomic E-state index is 0.0394. The molecule has 1 aromatic heterocycles. The standard InChI is InChI=1S/C7H7Br2NO/c1-10-4-2-3-5(10)6(11)7(8)9/h2-4,7H,1H3. The summed E-state index contributed by atoms with van der Waals surface area (Å²) in [6, 6.07) is 3.63. The van der Waals surface area contributed by atoms with E-state index in [1.807, 2.05) is 19.3 Å². The first-order chi connectivity index (χ1) is 5.13. The maximum absolute atomic E-state index is 11.3. The Hall–Kier alpha value is -0.0900. The number of alkyl halides is 2. The third-order valence-corrected chi connectivity index (χ3v) is 2.23. The maximum Gasteiger partial charge on any atom is 0.203 e. The van der Waals surface area contributed by atoms with E-state index in [2.05, 4.69) is 31.9 Å². The summed E-state index contributed by atoms with van der Waals surface area (Å²) in [6.45, 7) is 0. The van der Waals surface area contributed by atoms with E-state index in [1.165, 1.54) is 0 Å². The lowest BCUT2D eigenvalue weighted by molar-refractivity contribution is 0.101. The van der Waals surface area contributed by atoms with Crippen molar-refractivity contribution in [1.29, 1.82) is 0 Å². The number of halogens is 2. The van der Waals surface area contributed by atoms with Crippen LogP contribution in [0.4, 0.5) is 0 Å². The molecule has 0 aliphatic carbocycles. The number of aryl methyl sites for hydroxylation is 1. The SMILES string of the molecule is Cn1cccc1C(=O)C(Br)Br. The summed E-state index contributed by atoms with van der Waals surface area (Å²) in [5.74, 6) is 0.0394. The molecule has 0 bridgehead atoms. The number of aromatic nitrogens is 1. The summed E-state index contributed by atoms with van der Waals surface area (Å²) in [6.07, 6.45) is 1.84. The van der Waals surface area contributed by atoms with Crippen LogP contribution in [0.2, 0.25) is 0 Å². The molecule has 0 N–H and O–H groups in total. The van der Waals surface area contributed by atoms with E-state index in [0.717, 1.165) is 0 Å². The molecule has 0 radical (unpaired) electrons. The Morgan fingerprint density at radius 2 is 2.27 bits per heavy atom. The van der Waals surface area contributed by atoms with Gasteiger partial charge in [-0.25, -0.2) is 0 Å². The average molecular weight is 281 g/mol. The second-order valence-corrected chi connectivity index (χ2v) is 5.23. The van der Waals surface area contributed by atoms with Crippen LogP contribution in [0.5, 0.6) is 0 Å². The van der Waals surface area contributed by atoms with Crippen LogP contribution in [0.15, 0.2) is 18.3 Å². The number of hydrogen-bond donors (Lipinski definition) is 0. The van der Waals surface area contributed by atoms with Gasteiger partial charge in [-0.15, -0.1) is 0 Å². The number of Topliss-reactive ketones (excluding diaryl/α,β-unsaturated/α-hetero) is 1. The Labute approximate surface area is 81.8 Å². The largest absolute Gasteiger partial charge is 0.348 e. The Morgan fingerprint density at radius 1 is 1.64 bits per heavy atom. The molecule has 0 aliphatic heterocycles. The summed E-state index contributed by atoms with van der Waals surface area (Å²) in [5, 5.41) is 0. The second kappa shape index (κ2) is 3.54. The van der Waals surface area contributed by atoms with Gasteiger partial charge in [0.05, 0.1) is 5.69 Å². The molecule has 0 aliphatic rings. The lowest BCUT2D eigenvalue weighted by atomic mass is 10.3. The van der Waals surface area contributed by atoms with Crippen molar-refractivity contribution < 1.29 is 4.79 Å². The highest BCUT2D eigenvalue weighted by molar-refractivity contribution is 9.25.